The van der Waals surface area contributed by atoms with Crippen LogP contribution < -0.4 is 5.32 Å². The predicted molar refractivity (Wildman–Crippen MR) is 48.0 cm³/mol. The van der Waals surface area contributed by atoms with Gasteiger partial charge in [-0.25, -0.2) is 0 Å². The van der Waals surface area contributed by atoms with Crippen molar-refractivity contribution in [3.8, 4) is 0 Å². The minimum Gasteiger partial charge on any atom is -0.396 e. The molecule has 1 aliphatic rings. The molecule has 0 aliphatic heterocycles. The monoisotopic (exact) mass is 166 g/mol. The summed E-state index contributed by atoms with van der Waals surface area (Å²) in [6.45, 7) is 1.19. The van der Waals surface area contributed by atoms with Crippen LogP contribution in [0.5, 0.6) is 0 Å². The molecule has 1 aliphatic carbocycles. The van der Waals surface area contributed by atoms with Crippen LogP contribution in [0, 0.1) is 5.41 Å². The van der Waals surface area contributed by atoms with Crippen molar-refractivity contribution in [3.63, 3.8) is 0 Å². The molecule has 12 heavy (non-hydrogen) atoms. The normalized spacial score (nSPS) is 19.1. The number of aromatic nitrogens is 1. The SMILES string of the molecule is OCC1(CNc2ccc[nH]2)CC1. The van der Waals surface area contributed by atoms with Crippen molar-refractivity contribution < 1.29 is 5.11 Å². The first-order chi connectivity index (χ1) is 5.85. The fourth-order valence-corrected chi connectivity index (χ4v) is 1.29. The predicted octanol–water partition coefficient (Wildman–Crippen LogP) is 1.20. The average Bonchev–Trinajstić information content (AvgIpc) is 2.70. The molecule has 0 unspecified atom stereocenters. The van der Waals surface area contributed by atoms with Gasteiger partial charge in [0.25, 0.3) is 0 Å². The summed E-state index contributed by atoms with van der Waals surface area (Å²) in [5.74, 6) is 1.04. The van der Waals surface area contributed by atoms with Gasteiger partial charge < -0.3 is 15.4 Å². The second kappa shape index (κ2) is 2.83. The number of rotatable bonds is 4. The van der Waals surface area contributed by atoms with E-state index >= 15 is 0 Å². The van der Waals surface area contributed by atoms with Gasteiger partial charge in [0.1, 0.15) is 5.82 Å². The summed E-state index contributed by atoms with van der Waals surface area (Å²) in [5, 5.41) is 12.3. The summed E-state index contributed by atoms with van der Waals surface area (Å²) in [6, 6.07) is 3.95. The molecule has 0 spiro atoms. The molecule has 1 aromatic rings. The molecular weight excluding hydrogens is 152 g/mol. The highest BCUT2D eigenvalue weighted by Crippen LogP contribution is 2.44. The Labute approximate surface area is 71.8 Å². The third-order valence-corrected chi connectivity index (χ3v) is 2.54. The van der Waals surface area contributed by atoms with E-state index in [2.05, 4.69) is 10.3 Å². The van der Waals surface area contributed by atoms with Gasteiger partial charge >= 0.3 is 0 Å². The van der Waals surface area contributed by atoms with Gasteiger partial charge in [-0.1, -0.05) is 0 Å². The Kier molecular flexibility index (Phi) is 1.81. The van der Waals surface area contributed by atoms with Crippen LogP contribution in [0.25, 0.3) is 0 Å². The van der Waals surface area contributed by atoms with E-state index in [9.17, 15) is 0 Å². The Morgan fingerprint density at radius 1 is 1.58 bits per heavy atom. The van der Waals surface area contributed by atoms with Gasteiger partial charge in [0, 0.05) is 18.2 Å². The highest BCUT2D eigenvalue weighted by Gasteiger charge is 2.41. The summed E-state index contributed by atoms with van der Waals surface area (Å²) >= 11 is 0. The molecule has 0 atom stereocenters. The van der Waals surface area contributed by atoms with E-state index < -0.39 is 0 Å². The van der Waals surface area contributed by atoms with Gasteiger partial charge in [-0.3, -0.25) is 0 Å². The first-order valence-electron chi connectivity index (χ1n) is 4.33. The molecule has 0 aromatic carbocycles. The number of anilines is 1. The maximum atomic E-state index is 9.03. The minimum atomic E-state index is 0.186. The van der Waals surface area contributed by atoms with Crippen molar-refractivity contribution in [3.05, 3.63) is 18.3 Å². The second-order valence-electron chi connectivity index (χ2n) is 3.60. The van der Waals surface area contributed by atoms with Crippen molar-refractivity contribution >= 4 is 5.82 Å². The third kappa shape index (κ3) is 1.46. The van der Waals surface area contributed by atoms with Gasteiger partial charge in [0.2, 0.25) is 0 Å². The van der Waals surface area contributed by atoms with Gasteiger partial charge in [0.15, 0.2) is 0 Å². The standard InChI is InChI=1S/C9H14N2O/c12-7-9(3-4-9)6-11-8-2-1-5-10-8/h1-2,5,10-12H,3-4,6-7H2. The maximum absolute atomic E-state index is 9.03. The summed E-state index contributed by atoms with van der Waals surface area (Å²) in [5.41, 5.74) is 0.186. The van der Waals surface area contributed by atoms with Crippen LogP contribution in [0.2, 0.25) is 0 Å². The highest BCUT2D eigenvalue weighted by atomic mass is 16.3. The van der Waals surface area contributed by atoms with E-state index in [1.54, 1.807) is 0 Å². The topological polar surface area (TPSA) is 48.0 Å². The fourth-order valence-electron chi connectivity index (χ4n) is 1.29. The molecule has 1 fully saturated rings. The van der Waals surface area contributed by atoms with Crippen molar-refractivity contribution in [1.29, 1.82) is 0 Å². The smallest absolute Gasteiger partial charge is 0.103 e. The first-order valence-corrected chi connectivity index (χ1v) is 4.33. The lowest BCUT2D eigenvalue weighted by molar-refractivity contribution is 0.219. The van der Waals surface area contributed by atoms with Crippen LogP contribution in [0.4, 0.5) is 5.82 Å². The number of aliphatic hydroxyl groups is 1. The Balaban J connectivity index is 1.83. The largest absolute Gasteiger partial charge is 0.396 e. The maximum Gasteiger partial charge on any atom is 0.103 e. The van der Waals surface area contributed by atoms with Crippen LogP contribution in [0.15, 0.2) is 18.3 Å². The Hall–Kier alpha value is -0.960. The van der Waals surface area contributed by atoms with Crippen molar-refractivity contribution in [2.75, 3.05) is 18.5 Å². The van der Waals surface area contributed by atoms with E-state index in [0.29, 0.717) is 6.61 Å². The molecule has 1 saturated carbocycles. The molecule has 3 N–H and O–H groups in total. The zero-order valence-corrected chi connectivity index (χ0v) is 7.01. The molecule has 1 aromatic heterocycles. The molecule has 0 bridgehead atoms. The van der Waals surface area contributed by atoms with Gasteiger partial charge in [-0.15, -0.1) is 0 Å². The molecular formula is C9H14N2O. The van der Waals surface area contributed by atoms with Crippen LogP contribution >= 0.6 is 0 Å². The van der Waals surface area contributed by atoms with Gasteiger partial charge in [-0.2, -0.15) is 0 Å². The summed E-state index contributed by atoms with van der Waals surface area (Å²) in [6.07, 6.45) is 4.19. The highest BCUT2D eigenvalue weighted by molar-refractivity contribution is 5.34. The quantitative estimate of drug-likeness (QED) is 0.629. The molecule has 3 heteroatoms. The summed E-state index contributed by atoms with van der Waals surface area (Å²) < 4.78 is 0. The average molecular weight is 166 g/mol. The van der Waals surface area contributed by atoms with Crippen molar-refractivity contribution in [2.24, 2.45) is 5.41 Å². The lowest BCUT2D eigenvalue weighted by atomic mass is 10.1. The number of aromatic amines is 1. The van der Waals surface area contributed by atoms with Crippen molar-refractivity contribution in [2.45, 2.75) is 12.8 Å². The third-order valence-electron chi connectivity index (χ3n) is 2.54. The molecule has 1 heterocycles. The van der Waals surface area contributed by atoms with Crippen LogP contribution in [0.1, 0.15) is 12.8 Å². The molecule has 2 rings (SSSR count). The van der Waals surface area contributed by atoms with Crippen molar-refractivity contribution in [1.82, 2.24) is 4.98 Å². The molecule has 0 amide bonds. The zero-order valence-electron chi connectivity index (χ0n) is 7.01. The van der Waals surface area contributed by atoms with E-state index in [1.165, 1.54) is 0 Å². The van der Waals surface area contributed by atoms with E-state index in [1.807, 2.05) is 18.3 Å². The molecule has 66 valence electrons. The number of nitrogens with one attached hydrogen (secondary N) is 2. The minimum absolute atomic E-state index is 0.186. The van der Waals surface area contributed by atoms with E-state index in [-0.39, 0.29) is 5.41 Å². The second-order valence-corrected chi connectivity index (χ2v) is 3.60. The molecule has 0 saturated heterocycles. The number of hydrogen-bond donors (Lipinski definition) is 3. The Morgan fingerprint density at radius 2 is 2.42 bits per heavy atom. The van der Waals surface area contributed by atoms with E-state index in [4.69, 9.17) is 5.11 Å². The Morgan fingerprint density at radius 3 is 2.92 bits per heavy atom. The number of H-pyrrole nitrogens is 1. The van der Waals surface area contributed by atoms with Crippen LogP contribution in [-0.2, 0) is 0 Å². The van der Waals surface area contributed by atoms with Gasteiger partial charge in [0.05, 0.1) is 6.61 Å². The number of hydrogen-bond acceptors (Lipinski definition) is 2. The summed E-state index contributed by atoms with van der Waals surface area (Å²) in [4.78, 5) is 3.07. The zero-order chi connectivity index (χ0) is 8.44. The molecule has 3 nitrogen and oxygen atoms in total. The number of aliphatic hydroxyl groups excluding tert-OH is 1. The molecule has 0 radical (unpaired) electrons. The van der Waals surface area contributed by atoms with E-state index in [0.717, 1.165) is 25.2 Å². The fraction of sp³-hybridized carbons (Fsp3) is 0.556. The van der Waals surface area contributed by atoms with Gasteiger partial charge in [-0.05, 0) is 25.0 Å². The first kappa shape index (κ1) is 7.68. The lowest BCUT2D eigenvalue weighted by Crippen LogP contribution is -2.19. The van der Waals surface area contributed by atoms with Crippen LogP contribution in [0.3, 0.4) is 0 Å². The lowest BCUT2D eigenvalue weighted by Gasteiger charge is -2.12. The Bertz CT molecular complexity index is 239. The van der Waals surface area contributed by atoms with Crippen LogP contribution in [-0.4, -0.2) is 23.2 Å². The summed E-state index contributed by atoms with van der Waals surface area (Å²) in [7, 11) is 0.